The predicted octanol–water partition coefficient (Wildman–Crippen LogP) is 1.17. The summed E-state index contributed by atoms with van der Waals surface area (Å²) in [7, 11) is 1.62. The fourth-order valence-electron chi connectivity index (χ4n) is 0.493. The number of ketones is 1. The molecule has 2 nitrogen and oxygen atoms in total. The molecule has 52 valence electrons. The topological polar surface area (TPSA) is 26.3 Å². The number of hydrogen-bond acceptors (Lipinski definition) is 2. The van der Waals surface area contributed by atoms with Gasteiger partial charge in [-0.05, 0) is 12.5 Å². The van der Waals surface area contributed by atoms with Gasteiger partial charge in [0, 0.05) is 20.1 Å². The first-order valence-corrected chi connectivity index (χ1v) is 2.95. The second kappa shape index (κ2) is 5.51. The number of carbonyl (C=O) groups is 1. The van der Waals surface area contributed by atoms with Crippen molar-refractivity contribution >= 4 is 5.78 Å². The van der Waals surface area contributed by atoms with E-state index in [4.69, 9.17) is 4.74 Å². The maximum atomic E-state index is 10.5. The van der Waals surface area contributed by atoms with Crippen molar-refractivity contribution in [3.8, 4) is 0 Å². The SMILES string of the molecule is C=CC(=O)CCCOC. The van der Waals surface area contributed by atoms with E-state index in [1.54, 1.807) is 7.11 Å². The fraction of sp³-hybridized carbons (Fsp3) is 0.571. The minimum atomic E-state index is 0.0899. The van der Waals surface area contributed by atoms with Gasteiger partial charge in [0.1, 0.15) is 0 Å². The quantitative estimate of drug-likeness (QED) is 0.410. The van der Waals surface area contributed by atoms with Crippen LogP contribution in [0.25, 0.3) is 0 Å². The number of carbonyl (C=O) groups excluding carboxylic acids is 1. The molecular formula is C7H12O2. The Labute approximate surface area is 55.5 Å². The maximum Gasteiger partial charge on any atom is 0.155 e. The molecule has 0 rings (SSSR count). The van der Waals surface area contributed by atoms with E-state index in [0.29, 0.717) is 13.0 Å². The zero-order valence-electron chi connectivity index (χ0n) is 5.72. The molecule has 0 amide bonds. The highest BCUT2D eigenvalue weighted by Crippen LogP contribution is 1.90. The second-order valence-electron chi connectivity index (χ2n) is 1.77. The van der Waals surface area contributed by atoms with E-state index in [1.807, 2.05) is 0 Å². The first kappa shape index (κ1) is 8.37. The lowest BCUT2D eigenvalue weighted by Crippen LogP contribution is -1.95. The number of hydrogen-bond donors (Lipinski definition) is 0. The van der Waals surface area contributed by atoms with Gasteiger partial charge in [-0.15, -0.1) is 0 Å². The molecule has 0 aliphatic heterocycles. The molecule has 0 aliphatic carbocycles. The minimum absolute atomic E-state index is 0.0899. The third-order valence-electron chi connectivity index (χ3n) is 0.999. The largest absolute Gasteiger partial charge is 0.385 e. The van der Waals surface area contributed by atoms with Crippen LogP contribution in [-0.4, -0.2) is 19.5 Å². The Morgan fingerprint density at radius 3 is 2.89 bits per heavy atom. The summed E-state index contributed by atoms with van der Waals surface area (Å²) in [5, 5.41) is 0. The molecule has 9 heavy (non-hydrogen) atoms. The highest BCUT2D eigenvalue weighted by molar-refractivity contribution is 5.88. The fourth-order valence-corrected chi connectivity index (χ4v) is 0.493. The third-order valence-corrected chi connectivity index (χ3v) is 0.999. The molecule has 2 heteroatoms. The van der Waals surface area contributed by atoms with Crippen molar-refractivity contribution in [2.75, 3.05) is 13.7 Å². The number of methoxy groups -OCH3 is 1. The van der Waals surface area contributed by atoms with Crippen molar-refractivity contribution < 1.29 is 9.53 Å². The number of allylic oxidation sites excluding steroid dienone is 1. The standard InChI is InChI=1S/C7H12O2/c1-3-7(8)5-4-6-9-2/h3H,1,4-6H2,2H3. The lowest BCUT2D eigenvalue weighted by molar-refractivity contribution is -0.114. The molecule has 0 unspecified atom stereocenters. The molecule has 0 bridgehead atoms. The zero-order valence-corrected chi connectivity index (χ0v) is 5.72. The molecule has 0 spiro atoms. The average molecular weight is 128 g/mol. The molecule has 0 aromatic heterocycles. The summed E-state index contributed by atoms with van der Waals surface area (Å²) in [6.45, 7) is 4.00. The van der Waals surface area contributed by atoms with Crippen molar-refractivity contribution in [2.24, 2.45) is 0 Å². The molecule has 0 fully saturated rings. The van der Waals surface area contributed by atoms with Gasteiger partial charge in [0.2, 0.25) is 0 Å². The van der Waals surface area contributed by atoms with Crippen LogP contribution in [0.1, 0.15) is 12.8 Å². The van der Waals surface area contributed by atoms with Gasteiger partial charge in [0.25, 0.3) is 0 Å². The van der Waals surface area contributed by atoms with Crippen LogP contribution >= 0.6 is 0 Å². The van der Waals surface area contributed by atoms with E-state index >= 15 is 0 Å². The first-order valence-electron chi connectivity index (χ1n) is 2.95. The van der Waals surface area contributed by atoms with E-state index in [-0.39, 0.29) is 5.78 Å². The Kier molecular flexibility index (Phi) is 5.12. The molecule has 0 aliphatic rings. The summed E-state index contributed by atoms with van der Waals surface area (Å²) in [4.78, 5) is 10.5. The summed E-state index contributed by atoms with van der Waals surface area (Å²) in [5.41, 5.74) is 0. The summed E-state index contributed by atoms with van der Waals surface area (Å²) in [6.07, 6.45) is 2.69. The Hall–Kier alpha value is -0.630. The van der Waals surface area contributed by atoms with Crippen LogP contribution in [0.4, 0.5) is 0 Å². The molecule has 0 radical (unpaired) electrons. The molecule has 0 heterocycles. The van der Waals surface area contributed by atoms with E-state index in [1.165, 1.54) is 6.08 Å². The summed E-state index contributed by atoms with van der Waals surface area (Å²) >= 11 is 0. The van der Waals surface area contributed by atoms with E-state index in [0.717, 1.165) is 6.42 Å². The monoisotopic (exact) mass is 128 g/mol. The Morgan fingerprint density at radius 2 is 2.44 bits per heavy atom. The highest BCUT2D eigenvalue weighted by atomic mass is 16.5. The van der Waals surface area contributed by atoms with Crippen LogP contribution in [0, 0.1) is 0 Å². The zero-order chi connectivity index (χ0) is 7.11. The maximum absolute atomic E-state index is 10.5. The van der Waals surface area contributed by atoms with Crippen LogP contribution in [-0.2, 0) is 9.53 Å². The summed E-state index contributed by atoms with van der Waals surface area (Å²) < 4.78 is 4.75. The van der Waals surface area contributed by atoms with Gasteiger partial charge >= 0.3 is 0 Å². The van der Waals surface area contributed by atoms with E-state index < -0.39 is 0 Å². The molecule has 0 aromatic rings. The first-order chi connectivity index (χ1) is 4.31. The van der Waals surface area contributed by atoms with Crippen LogP contribution in [0.2, 0.25) is 0 Å². The second-order valence-corrected chi connectivity index (χ2v) is 1.77. The van der Waals surface area contributed by atoms with Crippen molar-refractivity contribution in [3.05, 3.63) is 12.7 Å². The lowest BCUT2D eigenvalue weighted by atomic mass is 10.2. The molecule has 0 aromatic carbocycles. The van der Waals surface area contributed by atoms with Crippen molar-refractivity contribution in [1.82, 2.24) is 0 Å². The van der Waals surface area contributed by atoms with Crippen LogP contribution < -0.4 is 0 Å². The summed E-state index contributed by atoms with van der Waals surface area (Å²) in [6, 6.07) is 0. The van der Waals surface area contributed by atoms with E-state index in [2.05, 4.69) is 6.58 Å². The third kappa shape index (κ3) is 5.24. The smallest absolute Gasteiger partial charge is 0.155 e. The molecular weight excluding hydrogens is 116 g/mol. The van der Waals surface area contributed by atoms with Gasteiger partial charge in [0.15, 0.2) is 5.78 Å². The van der Waals surface area contributed by atoms with Gasteiger partial charge in [-0.3, -0.25) is 4.79 Å². The van der Waals surface area contributed by atoms with Crippen LogP contribution in [0.15, 0.2) is 12.7 Å². The Balaban J connectivity index is 3.07. The van der Waals surface area contributed by atoms with Crippen molar-refractivity contribution in [2.45, 2.75) is 12.8 Å². The normalized spacial score (nSPS) is 9.00. The van der Waals surface area contributed by atoms with Gasteiger partial charge in [-0.25, -0.2) is 0 Å². The minimum Gasteiger partial charge on any atom is -0.385 e. The Morgan fingerprint density at radius 1 is 1.78 bits per heavy atom. The van der Waals surface area contributed by atoms with E-state index in [9.17, 15) is 4.79 Å². The van der Waals surface area contributed by atoms with Crippen LogP contribution in [0.3, 0.4) is 0 Å². The van der Waals surface area contributed by atoms with Gasteiger partial charge in [0.05, 0.1) is 0 Å². The Bertz CT molecular complexity index is 97.1. The van der Waals surface area contributed by atoms with Gasteiger partial charge in [-0.2, -0.15) is 0 Å². The molecule has 0 saturated heterocycles. The summed E-state index contributed by atoms with van der Waals surface area (Å²) in [5.74, 6) is 0.0899. The van der Waals surface area contributed by atoms with Crippen LogP contribution in [0.5, 0.6) is 0 Å². The predicted molar refractivity (Wildman–Crippen MR) is 36.3 cm³/mol. The number of rotatable bonds is 5. The molecule has 0 saturated carbocycles. The van der Waals surface area contributed by atoms with Gasteiger partial charge < -0.3 is 4.74 Å². The lowest BCUT2D eigenvalue weighted by Gasteiger charge is -1.93. The van der Waals surface area contributed by atoms with Crippen molar-refractivity contribution in [1.29, 1.82) is 0 Å². The number of ether oxygens (including phenoxy) is 1. The average Bonchev–Trinajstić information content (AvgIpc) is 1.89. The molecule has 0 atom stereocenters. The highest BCUT2D eigenvalue weighted by Gasteiger charge is 1.92. The molecule has 0 N–H and O–H groups in total. The van der Waals surface area contributed by atoms with Gasteiger partial charge in [-0.1, -0.05) is 6.58 Å². The van der Waals surface area contributed by atoms with Crippen molar-refractivity contribution in [3.63, 3.8) is 0 Å².